The molecule has 1 saturated carbocycles. The van der Waals surface area contributed by atoms with Gasteiger partial charge in [-0.2, -0.15) is 0 Å². The summed E-state index contributed by atoms with van der Waals surface area (Å²) in [6.45, 7) is 2.65. The molecule has 6 nitrogen and oxygen atoms in total. The van der Waals surface area contributed by atoms with Crippen molar-refractivity contribution in [1.82, 2.24) is 10.2 Å². The molecule has 21 heavy (non-hydrogen) atoms. The average molecular weight is 297 g/mol. The van der Waals surface area contributed by atoms with Crippen molar-refractivity contribution in [2.75, 3.05) is 6.54 Å². The number of hydrogen-bond acceptors (Lipinski definition) is 4. The number of nitrogens with one attached hydrogen (secondary N) is 1. The molecule has 0 aromatic heterocycles. The third kappa shape index (κ3) is 3.95. The third-order valence-electron chi connectivity index (χ3n) is 4.99. The summed E-state index contributed by atoms with van der Waals surface area (Å²) in [5.41, 5.74) is 5.03. The number of primary amides is 1. The number of piperidine rings is 1. The number of hydrogen-bond donors (Lipinski definition) is 3. The molecule has 1 saturated heterocycles. The Morgan fingerprint density at radius 2 is 1.86 bits per heavy atom. The van der Waals surface area contributed by atoms with Gasteiger partial charge in [-0.25, -0.2) is 4.79 Å². The van der Waals surface area contributed by atoms with Crippen molar-refractivity contribution in [1.29, 1.82) is 0 Å². The highest BCUT2D eigenvalue weighted by Crippen LogP contribution is 2.34. The van der Waals surface area contributed by atoms with Crippen LogP contribution in [0.1, 0.15) is 51.9 Å². The minimum Gasteiger partial charge on any atom is -0.393 e. The Kier molecular flexibility index (Phi) is 5.58. The molecule has 1 aliphatic heterocycles. The largest absolute Gasteiger partial charge is 0.393 e. The van der Waals surface area contributed by atoms with Crippen LogP contribution in [0.5, 0.6) is 0 Å². The molecule has 3 amide bonds. The Bertz CT molecular complexity index is 388. The van der Waals surface area contributed by atoms with E-state index in [1.807, 2.05) is 6.92 Å². The molecule has 0 aromatic rings. The minimum atomic E-state index is -0.807. The standard InChI is InChI=1S/C15H27N3O3/c1-10(14(20)17-15(16)21)18-9-5-4-7-12(18)11-6-2-3-8-13(11)19/h10-13,19H,2-9H2,1H3,(H3,16,17,20,21). The number of nitrogens with zero attached hydrogens (tertiary/aromatic N) is 1. The number of rotatable bonds is 3. The molecular formula is C15H27N3O3. The Morgan fingerprint density at radius 1 is 1.19 bits per heavy atom. The van der Waals surface area contributed by atoms with Crippen LogP contribution >= 0.6 is 0 Å². The zero-order valence-corrected chi connectivity index (χ0v) is 12.8. The second kappa shape index (κ2) is 7.22. The first-order valence-corrected chi connectivity index (χ1v) is 8.05. The summed E-state index contributed by atoms with van der Waals surface area (Å²) < 4.78 is 0. The predicted octanol–water partition coefficient (Wildman–Crippen LogP) is 0.975. The molecule has 2 fully saturated rings. The van der Waals surface area contributed by atoms with Crippen LogP contribution in [0.2, 0.25) is 0 Å². The lowest BCUT2D eigenvalue weighted by Gasteiger charge is -2.45. The van der Waals surface area contributed by atoms with Crippen LogP contribution in [-0.4, -0.2) is 46.7 Å². The zero-order chi connectivity index (χ0) is 15.4. The van der Waals surface area contributed by atoms with Gasteiger partial charge in [-0.05, 0) is 39.2 Å². The molecular weight excluding hydrogens is 270 g/mol. The maximum atomic E-state index is 12.0. The third-order valence-corrected chi connectivity index (χ3v) is 4.99. The maximum absolute atomic E-state index is 12.0. The predicted molar refractivity (Wildman–Crippen MR) is 79.5 cm³/mol. The van der Waals surface area contributed by atoms with Crippen LogP contribution in [0.4, 0.5) is 4.79 Å². The highest BCUT2D eigenvalue weighted by atomic mass is 16.3. The van der Waals surface area contributed by atoms with Crippen molar-refractivity contribution < 1.29 is 14.7 Å². The van der Waals surface area contributed by atoms with E-state index in [4.69, 9.17) is 5.73 Å². The van der Waals surface area contributed by atoms with E-state index in [0.29, 0.717) is 0 Å². The van der Waals surface area contributed by atoms with E-state index < -0.39 is 12.1 Å². The van der Waals surface area contributed by atoms with Gasteiger partial charge in [0, 0.05) is 12.0 Å². The molecule has 4 atom stereocenters. The first-order chi connectivity index (χ1) is 10.0. The van der Waals surface area contributed by atoms with E-state index in [9.17, 15) is 14.7 Å². The van der Waals surface area contributed by atoms with Crippen molar-refractivity contribution in [3.63, 3.8) is 0 Å². The van der Waals surface area contributed by atoms with Gasteiger partial charge in [-0.1, -0.05) is 19.3 Å². The fourth-order valence-electron chi connectivity index (χ4n) is 3.89. The Labute approximate surface area is 126 Å². The van der Waals surface area contributed by atoms with Crippen molar-refractivity contribution in [2.24, 2.45) is 11.7 Å². The van der Waals surface area contributed by atoms with Crippen LogP contribution in [-0.2, 0) is 4.79 Å². The van der Waals surface area contributed by atoms with Gasteiger partial charge in [0.1, 0.15) is 0 Å². The van der Waals surface area contributed by atoms with Gasteiger partial charge in [0.2, 0.25) is 5.91 Å². The second-order valence-electron chi connectivity index (χ2n) is 6.35. The maximum Gasteiger partial charge on any atom is 0.318 e. The molecule has 4 unspecified atom stereocenters. The molecule has 120 valence electrons. The van der Waals surface area contributed by atoms with Crippen LogP contribution < -0.4 is 11.1 Å². The monoisotopic (exact) mass is 297 g/mol. The minimum absolute atomic E-state index is 0.225. The molecule has 0 radical (unpaired) electrons. The molecule has 2 aliphatic rings. The molecule has 0 bridgehead atoms. The lowest BCUT2D eigenvalue weighted by atomic mass is 9.77. The molecule has 0 aromatic carbocycles. The van der Waals surface area contributed by atoms with Crippen LogP contribution in [0.3, 0.4) is 0 Å². The zero-order valence-electron chi connectivity index (χ0n) is 12.8. The smallest absolute Gasteiger partial charge is 0.318 e. The molecule has 4 N–H and O–H groups in total. The highest BCUT2D eigenvalue weighted by molar-refractivity contribution is 5.96. The van der Waals surface area contributed by atoms with Crippen LogP contribution in [0.15, 0.2) is 0 Å². The molecule has 1 heterocycles. The summed E-state index contributed by atoms with van der Waals surface area (Å²) in [5, 5.41) is 12.5. The van der Waals surface area contributed by atoms with Crippen LogP contribution in [0.25, 0.3) is 0 Å². The van der Waals surface area contributed by atoms with Crippen LogP contribution in [0, 0.1) is 5.92 Å². The number of amides is 3. The number of urea groups is 1. The van der Waals surface area contributed by atoms with Crippen molar-refractivity contribution in [2.45, 2.75) is 70.1 Å². The summed E-state index contributed by atoms with van der Waals surface area (Å²) in [6, 6.07) is -0.974. The number of likely N-dealkylation sites (tertiary alicyclic amines) is 1. The first kappa shape index (κ1) is 16.2. The van der Waals surface area contributed by atoms with E-state index in [-0.39, 0.29) is 24.0 Å². The van der Waals surface area contributed by atoms with Gasteiger partial charge in [-0.15, -0.1) is 0 Å². The van der Waals surface area contributed by atoms with E-state index in [1.165, 1.54) is 0 Å². The summed E-state index contributed by atoms with van der Waals surface area (Å²) >= 11 is 0. The van der Waals surface area contributed by atoms with Gasteiger partial charge in [0.15, 0.2) is 0 Å². The number of aliphatic hydroxyl groups is 1. The number of nitrogens with two attached hydrogens (primary N) is 1. The summed E-state index contributed by atoms with van der Waals surface area (Å²) in [4.78, 5) is 25.1. The van der Waals surface area contributed by atoms with E-state index >= 15 is 0 Å². The Morgan fingerprint density at radius 3 is 2.52 bits per heavy atom. The Hall–Kier alpha value is -1.14. The number of carbonyl (C=O) groups excluding carboxylic acids is 2. The summed E-state index contributed by atoms with van der Waals surface area (Å²) in [6.07, 6.45) is 7.04. The molecule has 0 spiro atoms. The van der Waals surface area contributed by atoms with Gasteiger partial charge >= 0.3 is 6.03 Å². The lowest BCUT2D eigenvalue weighted by Crippen LogP contribution is -2.57. The quantitative estimate of drug-likeness (QED) is 0.723. The first-order valence-electron chi connectivity index (χ1n) is 8.05. The van der Waals surface area contributed by atoms with Crippen molar-refractivity contribution in [3.05, 3.63) is 0 Å². The topological polar surface area (TPSA) is 95.7 Å². The molecule has 2 rings (SSSR count). The van der Waals surface area contributed by atoms with Crippen molar-refractivity contribution in [3.8, 4) is 0 Å². The number of aliphatic hydroxyl groups excluding tert-OH is 1. The van der Waals surface area contributed by atoms with Crippen molar-refractivity contribution >= 4 is 11.9 Å². The molecule has 1 aliphatic carbocycles. The average Bonchev–Trinajstić information content (AvgIpc) is 2.46. The van der Waals surface area contributed by atoms with Gasteiger partial charge in [0.25, 0.3) is 0 Å². The van der Waals surface area contributed by atoms with E-state index in [2.05, 4.69) is 10.2 Å². The fourth-order valence-corrected chi connectivity index (χ4v) is 3.89. The fraction of sp³-hybridized carbons (Fsp3) is 0.867. The summed E-state index contributed by atoms with van der Waals surface area (Å²) in [7, 11) is 0. The van der Waals surface area contributed by atoms with E-state index in [0.717, 1.165) is 51.5 Å². The van der Waals surface area contributed by atoms with Gasteiger partial charge in [0.05, 0.1) is 12.1 Å². The van der Waals surface area contributed by atoms with Gasteiger partial charge in [-0.3, -0.25) is 15.0 Å². The second-order valence-corrected chi connectivity index (χ2v) is 6.35. The Balaban J connectivity index is 2.07. The molecule has 6 heteroatoms. The lowest BCUT2D eigenvalue weighted by molar-refractivity contribution is -0.128. The van der Waals surface area contributed by atoms with E-state index in [1.54, 1.807) is 0 Å². The summed E-state index contributed by atoms with van der Waals surface area (Å²) in [5.74, 6) is -0.109. The van der Waals surface area contributed by atoms with Gasteiger partial charge < -0.3 is 10.8 Å². The normalized spacial score (nSPS) is 32.4. The highest BCUT2D eigenvalue weighted by Gasteiger charge is 2.38. The number of carbonyl (C=O) groups is 2. The number of imide groups is 1. The SMILES string of the molecule is CC(C(=O)NC(N)=O)N1CCCCC1C1CCCCC1O.